The van der Waals surface area contributed by atoms with Crippen molar-refractivity contribution in [2.45, 2.75) is 52.7 Å². The second-order valence-corrected chi connectivity index (χ2v) is 9.10. The maximum absolute atomic E-state index is 11.8. The number of carboxylic acids is 1. The average Bonchev–Trinajstić information content (AvgIpc) is 2.84. The number of ketones is 2. The Labute approximate surface area is 228 Å². The molecule has 216 valence electrons. The van der Waals surface area contributed by atoms with Gasteiger partial charge in [0.1, 0.15) is 42.5 Å². The van der Waals surface area contributed by atoms with Gasteiger partial charge in [0.25, 0.3) is 5.97 Å². The van der Waals surface area contributed by atoms with Gasteiger partial charge in [0.05, 0.1) is 6.61 Å². The molecule has 0 aliphatic heterocycles. The van der Waals surface area contributed by atoms with Crippen molar-refractivity contribution < 1.29 is 53.8 Å². The van der Waals surface area contributed by atoms with Gasteiger partial charge in [-0.05, 0) is 76.2 Å². The predicted octanol–water partition coefficient (Wildman–Crippen LogP) is 2.68. The van der Waals surface area contributed by atoms with E-state index in [0.717, 1.165) is 6.92 Å². The van der Waals surface area contributed by atoms with E-state index in [1.807, 2.05) is 0 Å². The minimum atomic E-state index is -1.39. The molecule has 4 N–H and O–H groups in total. The zero-order chi connectivity index (χ0) is 30.2. The number of aliphatic hydroxyl groups is 3. The van der Waals surface area contributed by atoms with Crippen LogP contribution in [0, 0.1) is 0 Å². The van der Waals surface area contributed by atoms with Gasteiger partial charge in [0.15, 0.2) is 11.6 Å². The van der Waals surface area contributed by atoms with Crippen molar-refractivity contribution >= 4 is 23.5 Å². The zero-order valence-corrected chi connectivity index (χ0v) is 23.1. The number of carboxylic acid groups (broad SMARTS) is 1. The lowest BCUT2D eigenvalue weighted by Crippen LogP contribution is -2.30. The SMILES string of the molecule is CC(=O)O.CC(=O)OCCOc1ccc(C(=O)C(C)(C)O)cc1.CC(C)(O)C(=O)c1ccc(OCCO)cc1. The predicted molar refractivity (Wildman–Crippen MR) is 142 cm³/mol. The quantitative estimate of drug-likeness (QED) is 0.184. The highest BCUT2D eigenvalue weighted by molar-refractivity contribution is 6.02. The van der Waals surface area contributed by atoms with Crippen LogP contribution < -0.4 is 9.47 Å². The third kappa shape index (κ3) is 15.9. The number of carbonyl (C=O) groups excluding carboxylic acids is 3. The molecule has 0 fully saturated rings. The van der Waals surface area contributed by atoms with Crippen LogP contribution in [-0.2, 0) is 14.3 Å². The minimum absolute atomic E-state index is 0.0512. The molecule has 2 aromatic rings. The lowest BCUT2D eigenvalue weighted by molar-refractivity contribution is -0.141. The van der Waals surface area contributed by atoms with Crippen molar-refractivity contribution in [3.05, 3.63) is 59.7 Å². The van der Waals surface area contributed by atoms with Crippen LogP contribution in [0.25, 0.3) is 0 Å². The van der Waals surface area contributed by atoms with Gasteiger partial charge in [0, 0.05) is 25.0 Å². The fourth-order valence-electron chi connectivity index (χ4n) is 2.62. The molecule has 0 heterocycles. The second kappa shape index (κ2) is 16.9. The number of rotatable bonds is 11. The van der Waals surface area contributed by atoms with Gasteiger partial charge in [-0.15, -0.1) is 0 Å². The highest BCUT2D eigenvalue weighted by atomic mass is 16.6. The summed E-state index contributed by atoms with van der Waals surface area (Å²) < 4.78 is 15.2. The van der Waals surface area contributed by atoms with E-state index >= 15 is 0 Å². The van der Waals surface area contributed by atoms with Gasteiger partial charge >= 0.3 is 5.97 Å². The summed E-state index contributed by atoms with van der Waals surface area (Å²) in [6.07, 6.45) is 0. The van der Waals surface area contributed by atoms with Crippen LogP contribution in [0.1, 0.15) is 62.3 Å². The van der Waals surface area contributed by atoms with Gasteiger partial charge in [-0.1, -0.05) is 0 Å². The Morgan fingerprint density at radius 1 is 0.667 bits per heavy atom. The highest BCUT2D eigenvalue weighted by Gasteiger charge is 2.25. The normalized spacial score (nSPS) is 10.6. The summed E-state index contributed by atoms with van der Waals surface area (Å²) in [4.78, 5) is 43.0. The summed E-state index contributed by atoms with van der Waals surface area (Å²) in [5.41, 5.74) is -1.91. The molecule has 39 heavy (non-hydrogen) atoms. The first kappa shape index (κ1) is 35.2. The second-order valence-electron chi connectivity index (χ2n) is 9.10. The number of ether oxygens (including phenoxy) is 3. The van der Waals surface area contributed by atoms with Crippen LogP contribution in [0.2, 0.25) is 0 Å². The lowest BCUT2D eigenvalue weighted by Gasteiger charge is -2.15. The minimum Gasteiger partial charge on any atom is -0.491 e. The summed E-state index contributed by atoms with van der Waals surface area (Å²) in [7, 11) is 0. The number of aliphatic hydroxyl groups excluding tert-OH is 1. The molecule has 0 saturated carbocycles. The Kier molecular flexibility index (Phi) is 15.3. The molecule has 0 aliphatic rings. The van der Waals surface area contributed by atoms with Crippen molar-refractivity contribution in [2.24, 2.45) is 0 Å². The van der Waals surface area contributed by atoms with E-state index in [4.69, 9.17) is 29.2 Å². The molecular weight excluding hydrogens is 512 g/mol. The van der Waals surface area contributed by atoms with Gasteiger partial charge in [-0.3, -0.25) is 19.2 Å². The third-order valence-corrected chi connectivity index (χ3v) is 4.36. The number of hydrogen-bond donors (Lipinski definition) is 4. The Balaban J connectivity index is 0.000000658. The molecule has 0 aliphatic carbocycles. The molecule has 2 aromatic carbocycles. The first-order chi connectivity index (χ1) is 18.0. The van der Waals surface area contributed by atoms with Crippen LogP contribution in [0.3, 0.4) is 0 Å². The van der Waals surface area contributed by atoms with Crippen molar-refractivity contribution in [3.63, 3.8) is 0 Å². The van der Waals surface area contributed by atoms with E-state index in [1.165, 1.54) is 34.6 Å². The van der Waals surface area contributed by atoms with Crippen molar-refractivity contribution in [1.82, 2.24) is 0 Å². The van der Waals surface area contributed by atoms with Crippen LogP contribution in [0.15, 0.2) is 48.5 Å². The maximum Gasteiger partial charge on any atom is 0.302 e. The fraction of sp³-hybridized carbons (Fsp3) is 0.429. The average molecular weight is 551 g/mol. The van der Waals surface area contributed by atoms with Gasteiger partial charge in [0.2, 0.25) is 0 Å². The van der Waals surface area contributed by atoms with Gasteiger partial charge in [-0.2, -0.15) is 0 Å². The molecule has 0 aromatic heterocycles. The summed E-state index contributed by atoms with van der Waals surface area (Å²) in [6, 6.07) is 12.9. The third-order valence-electron chi connectivity index (χ3n) is 4.36. The summed E-state index contributed by atoms with van der Waals surface area (Å²) in [5.74, 6) is -0.712. The monoisotopic (exact) mass is 550 g/mol. The number of Topliss-reactive ketones (excluding diaryl/α,β-unsaturated/α-hetero) is 2. The summed E-state index contributed by atoms with van der Waals surface area (Å²) in [6.45, 7) is 8.80. The van der Waals surface area contributed by atoms with Crippen LogP contribution >= 0.6 is 0 Å². The summed E-state index contributed by atoms with van der Waals surface area (Å²) in [5, 5.41) is 35.1. The molecule has 0 bridgehead atoms. The molecule has 0 radical (unpaired) electrons. The first-order valence-corrected chi connectivity index (χ1v) is 11.9. The maximum atomic E-state index is 11.8. The van der Waals surface area contributed by atoms with E-state index in [0.29, 0.717) is 22.6 Å². The molecule has 0 amide bonds. The number of carbonyl (C=O) groups is 4. The standard InChI is InChI=1S/C14H18O5.C12H16O4.C2H4O2/c1-10(15)18-8-9-19-12-6-4-11(5-7-12)13(16)14(2,3)17;1-12(2,15)11(14)9-3-5-10(6-4-9)16-8-7-13;1-2(3)4/h4-7,17H,8-9H2,1-3H3;3-6,13,15H,7-8H2,1-2H3;1H3,(H,3,4). The van der Waals surface area contributed by atoms with Crippen LogP contribution in [-0.4, -0.2) is 81.6 Å². The first-order valence-electron chi connectivity index (χ1n) is 11.9. The number of esters is 1. The Bertz CT molecular complexity index is 1040. The Morgan fingerprint density at radius 3 is 1.28 bits per heavy atom. The van der Waals surface area contributed by atoms with E-state index in [2.05, 4.69) is 0 Å². The summed E-state index contributed by atoms with van der Waals surface area (Å²) >= 11 is 0. The largest absolute Gasteiger partial charge is 0.491 e. The molecule has 11 heteroatoms. The van der Waals surface area contributed by atoms with Crippen LogP contribution in [0.5, 0.6) is 11.5 Å². The highest BCUT2D eigenvalue weighted by Crippen LogP contribution is 2.18. The fourth-order valence-corrected chi connectivity index (χ4v) is 2.62. The molecule has 0 unspecified atom stereocenters. The van der Waals surface area contributed by atoms with Crippen molar-refractivity contribution in [3.8, 4) is 11.5 Å². The molecule has 11 nitrogen and oxygen atoms in total. The molecular formula is C28H38O11. The zero-order valence-electron chi connectivity index (χ0n) is 23.1. The molecule has 0 atom stereocenters. The number of benzene rings is 2. The van der Waals surface area contributed by atoms with E-state index in [-0.39, 0.29) is 44.0 Å². The Hall–Kier alpha value is -3.80. The van der Waals surface area contributed by atoms with Crippen LogP contribution in [0.4, 0.5) is 0 Å². The van der Waals surface area contributed by atoms with Gasteiger partial charge < -0.3 is 34.6 Å². The molecule has 0 spiro atoms. The van der Waals surface area contributed by atoms with E-state index in [1.54, 1.807) is 48.5 Å². The van der Waals surface area contributed by atoms with Gasteiger partial charge in [-0.25, -0.2) is 0 Å². The molecule has 2 rings (SSSR count). The topological polar surface area (TPSA) is 177 Å². The lowest BCUT2D eigenvalue weighted by atomic mass is 9.97. The molecule has 0 saturated heterocycles. The number of aliphatic carboxylic acids is 1. The van der Waals surface area contributed by atoms with E-state index in [9.17, 15) is 24.6 Å². The van der Waals surface area contributed by atoms with Crippen molar-refractivity contribution in [1.29, 1.82) is 0 Å². The Morgan fingerprint density at radius 2 is 1.00 bits per heavy atom. The van der Waals surface area contributed by atoms with E-state index < -0.39 is 17.2 Å². The van der Waals surface area contributed by atoms with Crippen molar-refractivity contribution in [2.75, 3.05) is 26.4 Å². The smallest absolute Gasteiger partial charge is 0.302 e. The number of hydrogen-bond acceptors (Lipinski definition) is 10.